The van der Waals surface area contributed by atoms with Gasteiger partial charge in [-0.1, -0.05) is 12.1 Å². The van der Waals surface area contributed by atoms with Gasteiger partial charge in [0.25, 0.3) is 0 Å². The molecule has 2 heterocycles. The Hall–Kier alpha value is -3.34. The maximum atomic E-state index is 12.0. The molecule has 1 aromatic carbocycles. The van der Waals surface area contributed by atoms with Crippen LogP contribution in [0.1, 0.15) is 17.1 Å². The Morgan fingerprint density at radius 1 is 1.24 bits per heavy atom. The summed E-state index contributed by atoms with van der Waals surface area (Å²) in [6.45, 7) is 2.28. The van der Waals surface area contributed by atoms with Gasteiger partial charge in [-0.05, 0) is 43.3 Å². The number of furan rings is 1. The molecule has 0 saturated heterocycles. The predicted octanol–water partition coefficient (Wildman–Crippen LogP) is 4.21. The van der Waals surface area contributed by atoms with Crippen LogP contribution in [0.2, 0.25) is 0 Å². The van der Waals surface area contributed by atoms with Gasteiger partial charge in [-0.2, -0.15) is 0 Å². The molecule has 25 heavy (non-hydrogen) atoms. The molecule has 0 spiro atoms. The summed E-state index contributed by atoms with van der Waals surface area (Å²) in [6, 6.07) is 14.7. The fourth-order valence-electron chi connectivity index (χ4n) is 2.20. The van der Waals surface area contributed by atoms with Crippen molar-refractivity contribution in [2.45, 2.75) is 13.5 Å². The van der Waals surface area contributed by atoms with Crippen LogP contribution in [0, 0.1) is 6.92 Å². The van der Waals surface area contributed by atoms with E-state index < -0.39 is 0 Å². The number of pyridine rings is 1. The van der Waals surface area contributed by atoms with Gasteiger partial charge in [-0.15, -0.1) is 0 Å². The SMILES string of the molecule is Cc1ccc(C=CC(=O)Nc2cccc(OCc3cccnc3)c2)o1. The monoisotopic (exact) mass is 334 g/mol. The second kappa shape index (κ2) is 7.97. The molecule has 0 atom stereocenters. The summed E-state index contributed by atoms with van der Waals surface area (Å²) in [6.07, 6.45) is 6.54. The third kappa shape index (κ3) is 5.07. The first kappa shape index (κ1) is 16.5. The maximum absolute atomic E-state index is 12.0. The maximum Gasteiger partial charge on any atom is 0.248 e. The summed E-state index contributed by atoms with van der Waals surface area (Å²) in [4.78, 5) is 16.0. The Kier molecular flexibility index (Phi) is 5.26. The summed E-state index contributed by atoms with van der Waals surface area (Å²) in [5.41, 5.74) is 1.64. The number of amides is 1. The van der Waals surface area contributed by atoms with E-state index in [9.17, 15) is 4.79 Å². The Morgan fingerprint density at radius 3 is 2.92 bits per heavy atom. The highest BCUT2D eigenvalue weighted by molar-refractivity contribution is 6.01. The Labute approximate surface area is 146 Å². The Morgan fingerprint density at radius 2 is 2.16 bits per heavy atom. The van der Waals surface area contributed by atoms with Crippen molar-refractivity contribution in [1.29, 1.82) is 0 Å². The van der Waals surface area contributed by atoms with Crippen molar-refractivity contribution in [3.63, 3.8) is 0 Å². The van der Waals surface area contributed by atoms with Crippen LogP contribution in [0.25, 0.3) is 6.08 Å². The van der Waals surface area contributed by atoms with Crippen molar-refractivity contribution >= 4 is 17.7 Å². The van der Waals surface area contributed by atoms with Crippen LogP contribution < -0.4 is 10.1 Å². The van der Waals surface area contributed by atoms with Gasteiger partial charge in [0.15, 0.2) is 0 Å². The number of nitrogens with one attached hydrogen (secondary N) is 1. The number of aromatic nitrogens is 1. The smallest absolute Gasteiger partial charge is 0.248 e. The molecule has 2 aromatic heterocycles. The summed E-state index contributed by atoms with van der Waals surface area (Å²) < 4.78 is 11.1. The number of hydrogen-bond donors (Lipinski definition) is 1. The van der Waals surface area contributed by atoms with E-state index >= 15 is 0 Å². The molecule has 1 amide bonds. The first-order valence-electron chi connectivity index (χ1n) is 7.86. The zero-order valence-electron chi connectivity index (χ0n) is 13.8. The van der Waals surface area contributed by atoms with Gasteiger partial charge in [0.1, 0.15) is 23.9 Å². The minimum atomic E-state index is -0.238. The minimum absolute atomic E-state index is 0.238. The van der Waals surface area contributed by atoms with Gasteiger partial charge in [0.2, 0.25) is 5.91 Å². The van der Waals surface area contributed by atoms with Gasteiger partial charge >= 0.3 is 0 Å². The fourth-order valence-corrected chi connectivity index (χ4v) is 2.20. The summed E-state index contributed by atoms with van der Waals surface area (Å²) >= 11 is 0. The molecule has 5 nitrogen and oxygen atoms in total. The van der Waals surface area contributed by atoms with Crippen molar-refractivity contribution in [2.24, 2.45) is 0 Å². The molecular weight excluding hydrogens is 316 g/mol. The number of carbonyl (C=O) groups excluding carboxylic acids is 1. The van der Waals surface area contributed by atoms with E-state index in [0.29, 0.717) is 23.8 Å². The number of benzene rings is 1. The van der Waals surface area contributed by atoms with E-state index in [-0.39, 0.29) is 5.91 Å². The fraction of sp³-hybridized carbons (Fsp3) is 0.100. The van der Waals surface area contributed by atoms with Gasteiger partial charge in [-0.3, -0.25) is 9.78 Å². The first-order valence-corrected chi connectivity index (χ1v) is 7.86. The molecule has 0 aliphatic carbocycles. The zero-order chi connectivity index (χ0) is 17.5. The molecule has 0 radical (unpaired) electrons. The van der Waals surface area contributed by atoms with Crippen LogP contribution in [0.5, 0.6) is 5.75 Å². The highest BCUT2D eigenvalue weighted by Gasteiger charge is 2.02. The van der Waals surface area contributed by atoms with Crippen molar-refractivity contribution in [2.75, 3.05) is 5.32 Å². The van der Waals surface area contributed by atoms with E-state index in [2.05, 4.69) is 10.3 Å². The lowest BCUT2D eigenvalue weighted by Gasteiger charge is -2.08. The molecule has 3 rings (SSSR count). The van der Waals surface area contributed by atoms with Crippen LogP contribution in [-0.4, -0.2) is 10.9 Å². The highest BCUT2D eigenvalue weighted by Crippen LogP contribution is 2.18. The second-order valence-corrected chi connectivity index (χ2v) is 5.45. The predicted molar refractivity (Wildman–Crippen MR) is 96.1 cm³/mol. The lowest BCUT2D eigenvalue weighted by molar-refractivity contribution is -0.111. The Bertz CT molecular complexity index is 869. The molecule has 126 valence electrons. The largest absolute Gasteiger partial charge is 0.489 e. The van der Waals surface area contributed by atoms with Crippen LogP contribution in [0.15, 0.2) is 71.4 Å². The van der Waals surface area contributed by atoms with E-state index in [4.69, 9.17) is 9.15 Å². The lowest BCUT2D eigenvalue weighted by atomic mass is 10.3. The molecule has 3 aromatic rings. The molecule has 0 bridgehead atoms. The number of aryl methyl sites for hydroxylation is 1. The van der Waals surface area contributed by atoms with Gasteiger partial charge in [-0.25, -0.2) is 0 Å². The molecule has 0 fully saturated rings. The number of rotatable bonds is 6. The number of nitrogens with zero attached hydrogens (tertiary/aromatic N) is 1. The van der Waals surface area contributed by atoms with E-state index in [0.717, 1.165) is 11.3 Å². The topological polar surface area (TPSA) is 64.4 Å². The van der Waals surface area contributed by atoms with Crippen LogP contribution >= 0.6 is 0 Å². The number of anilines is 1. The summed E-state index contributed by atoms with van der Waals surface area (Å²) in [7, 11) is 0. The molecular formula is C20H18N2O3. The third-order valence-corrected chi connectivity index (χ3v) is 3.39. The number of ether oxygens (including phenoxy) is 1. The average Bonchev–Trinajstić information content (AvgIpc) is 3.05. The van der Waals surface area contributed by atoms with Gasteiger partial charge < -0.3 is 14.5 Å². The number of carbonyl (C=O) groups is 1. The average molecular weight is 334 g/mol. The molecule has 1 N–H and O–H groups in total. The van der Waals surface area contributed by atoms with Crippen molar-refractivity contribution in [3.05, 3.63) is 84.1 Å². The third-order valence-electron chi connectivity index (χ3n) is 3.39. The van der Waals surface area contributed by atoms with Crippen molar-refractivity contribution < 1.29 is 13.9 Å². The first-order chi connectivity index (χ1) is 12.2. The summed E-state index contributed by atoms with van der Waals surface area (Å²) in [5.74, 6) is 1.88. The zero-order valence-corrected chi connectivity index (χ0v) is 13.8. The van der Waals surface area contributed by atoms with Crippen LogP contribution in [0.4, 0.5) is 5.69 Å². The molecule has 0 aliphatic rings. The number of hydrogen-bond acceptors (Lipinski definition) is 4. The van der Waals surface area contributed by atoms with Crippen molar-refractivity contribution in [1.82, 2.24) is 4.98 Å². The molecule has 0 unspecified atom stereocenters. The van der Waals surface area contributed by atoms with E-state index in [1.165, 1.54) is 6.08 Å². The second-order valence-electron chi connectivity index (χ2n) is 5.45. The molecule has 0 aliphatic heterocycles. The van der Waals surface area contributed by atoms with E-state index in [1.54, 1.807) is 30.6 Å². The Balaban J connectivity index is 1.57. The quantitative estimate of drug-likeness (QED) is 0.686. The molecule has 5 heteroatoms. The normalized spacial score (nSPS) is 10.8. The van der Waals surface area contributed by atoms with Gasteiger partial charge in [0.05, 0.1) is 0 Å². The highest BCUT2D eigenvalue weighted by atomic mass is 16.5. The lowest BCUT2D eigenvalue weighted by Crippen LogP contribution is -2.07. The van der Waals surface area contributed by atoms with Crippen LogP contribution in [0.3, 0.4) is 0 Å². The van der Waals surface area contributed by atoms with Gasteiger partial charge in [0, 0.05) is 35.8 Å². The molecule has 0 saturated carbocycles. The van der Waals surface area contributed by atoms with Crippen molar-refractivity contribution in [3.8, 4) is 5.75 Å². The van der Waals surface area contributed by atoms with E-state index in [1.807, 2.05) is 43.3 Å². The van der Waals surface area contributed by atoms with Crippen LogP contribution in [-0.2, 0) is 11.4 Å². The standard InChI is InChI=1S/C20H18N2O3/c1-15-7-8-18(25-15)9-10-20(23)22-17-5-2-6-19(12-17)24-14-16-4-3-11-21-13-16/h2-13H,14H2,1H3,(H,22,23). The minimum Gasteiger partial charge on any atom is -0.489 e. The summed E-state index contributed by atoms with van der Waals surface area (Å²) in [5, 5.41) is 2.80.